The molecule has 0 saturated carbocycles. The molecule has 0 unspecified atom stereocenters. The van der Waals surface area contributed by atoms with E-state index >= 15 is 0 Å². The molecule has 2 nitrogen and oxygen atoms in total. The van der Waals surface area contributed by atoms with E-state index in [4.69, 9.17) is 16.3 Å². The van der Waals surface area contributed by atoms with Crippen molar-refractivity contribution >= 4 is 27.5 Å². The minimum absolute atomic E-state index is 0.128. The molecule has 21 heavy (non-hydrogen) atoms. The van der Waals surface area contributed by atoms with Gasteiger partial charge in [0.05, 0.1) is 5.69 Å². The lowest BCUT2D eigenvalue weighted by Gasteiger charge is -2.19. The number of hydrogen-bond donors (Lipinski definition) is 0. The Balaban J connectivity index is 2.42. The maximum Gasteiger partial charge on any atom is 0.219 e. The monoisotopic (exact) mass is 371 g/mol. The molecule has 2 aromatic rings. The highest BCUT2D eigenvalue weighted by atomic mass is 79.9. The van der Waals surface area contributed by atoms with Crippen molar-refractivity contribution in [1.82, 2.24) is 4.98 Å². The smallest absolute Gasteiger partial charge is 0.219 e. The average Bonchev–Trinajstić information content (AvgIpc) is 2.41. The largest absolute Gasteiger partial charge is 0.436 e. The van der Waals surface area contributed by atoms with Crippen LogP contribution in [0.2, 0.25) is 0 Å². The van der Waals surface area contributed by atoms with Gasteiger partial charge in [-0.15, -0.1) is 11.6 Å². The number of nitrogens with zero attached hydrogens (tertiary/aromatic N) is 1. The molecule has 112 valence electrons. The molecule has 0 aliphatic carbocycles. The number of halogens is 3. The van der Waals surface area contributed by atoms with E-state index in [0.717, 1.165) is 15.7 Å². The van der Waals surface area contributed by atoms with E-state index in [-0.39, 0.29) is 11.2 Å². The van der Waals surface area contributed by atoms with Crippen LogP contribution in [0.5, 0.6) is 11.6 Å². The average molecular weight is 373 g/mol. The van der Waals surface area contributed by atoms with Gasteiger partial charge in [0, 0.05) is 21.8 Å². The Morgan fingerprint density at radius 1 is 1.24 bits per heavy atom. The standard InChI is InChI=1S/C16H16BrClFNO/c1-16(2,3)14-6-10(9-18)7-15(20-14)21-13-8-11(17)4-5-12(13)19/h4-8H,9H2,1-3H3. The Morgan fingerprint density at radius 3 is 2.57 bits per heavy atom. The van der Waals surface area contributed by atoms with Crippen LogP contribution in [-0.4, -0.2) is 4.98 Å². The predicted molar refractivity (Wildman–Crippen MR) is 86.7 cm³/mol. The summed E-state index contributed by atoms with van der Waals surface area (Å²) in [7, 11) is 0. The zero-order valence-corrected chi connectivity index (χ0v) is 14.4. The van der Waals surface area contributed by atoms with Crippen LogP contribution in [0.15, 0.2) is 34.8 Å². The van der Waals surface area contributed by atoms with E-state index in [2.05, 4.69) is 41.7 Å². The lowest BCUT2D eigenvalue weighted by molar-refractivity contribution is 0.420. The third-order valence-electron chi connectivity index (χ3n) is 2.89. The molecule has 0 aliphatic rings. The van der Waals surface area contributed by atoms with Gasteiger partial charge in [-0.1, -0.05) is 36.7 Å². The zero-order valence-electron chi connectivity index (χ0n) is 12.1. The highest BCUT2D eigenvalue weighted by Crippen LogP contribution is 2.30. The van der Waals surface area contributed by atoms with Crippen LogP contribution in [0.3, 0.4) is 0 Å². The van der Waals surface area contributed by atoms with Gasteiger partial charge in [-0.3, -0.25) is 0 Å². The lowest BCUT2D eigenvalue weighted by atomic mass is 9.91. The Bertz CT molecular complexity index is 655. The fraction of sp³-hybridized carbons (Fsp3) is 0.312. The fourth-order valence-corrected chi connectivity index (χ4v) is 2.24. The van der Waals surface area contributed by atoms with Gasteiger partial charge in [0.2, 0.25) is 5.88 Å². The second kappa shape index (κ2) is 6.32. The van der Waals surface area contributed by atoms with Gasteiger partial charge in [-0.2, -0.15) is 0 Å². The van der Waals surface area contributed by atoms with Gasteiger partial charge in [-0.25, -0.2) is 9.37 Å². The van der Waals surface area contributed by atoms with Crippen molar-refractivity contribution in [2.45, 2.75) is 32.1 Å². The predicted octanol–water partition coefficient (Wildman–Crippen LogP) is 5.81. The van der Waals surface area contributed by atoms with E-state index in [9.17, 15) is 4.39 Å². The second-order valence-electron chi connectivity index (χ2n) is 5.76. The van der Waals surface area contributed by atoms with Crippen LogP contribution in [-0.2, 0) is 11.3 Å². The SMILES string of the molecule is CC(C)(C)c1cc(CCl)cc(Oc2cc(Br)ccc2F)n1. The number of ether oxygens (including phenoxy) is 1. The molecule has 0 atom stereocenters. The van der Waals surface area contributed by atoms with Crippen LogP contribution in [0, 0.1) is 5.82 Å². The maximum absolute atomic E-state index is 13.8. The van der Waals surface area contributed by atoms with Crippen LogP contribution < -0.4 is 4.74 Å². The molecule has 5 heteroatoms. The molecular weight excluding hydrogens is 357 g/mol. The molecular formula is C16H16BrClFNO. The van der Waals surface area contributed by atoms with Crippen molar-refractivity contribution in [2.75, 3.05) is 0 Å². The van der Waals surface area contributed by atoms with Crippen LogP contribution in [0.1, 0.15) is 32.0 Å². The molecule has 0 saturated heterocycles. The molecule has 0 aliphatic heterocycles. The highest BCUT2D eigenvalue weighted by Gasteiger charge is 2.18. The number of hydrogen-bond acceptors (Lipinski definition) is 2. The number of alkyl halides is 1. The van der Waals surface area contributed by atoms with Crippen molar-refractivity contribution in [3.8, 4) is 11.6 Å². The van der Waals surface area contributed by atoms with Crippen molar-refractivity contribution in [1.29, 1.82) is 0 Å². The van der Waals surface area contributed by atoms with Gasteiger partial charge in [0.15, 0.2) is 11.6 Å². The zero-order chi connectivity index (χ0) is 15.6. The van der Waals surface area contributed by atoms with Crippen LogP contribution >= 0.6 is 27.5 Å². The van der Waals surface area contributed by atoms with Crippen molar-refractivity contribution in [3.63, 3.8) is 0 Å². The quantitative estimate of drug-likeness (QED) is 0.634. The summed E-state index contributed by atoms with van der Waals surface area (Å²) in [6.07, 6.45) is 0. The summed E-state index contributed by atoms with van der Waals surface area (Å²) in [6, 6.07) is 8.20. The van der Waals surface area contributed by atoms with Gasteiger partial charge in [0.1, 0.15) is 0 Å². The summed E-state index contributed by atoms with van der Waals surface area (Å²) < 4.78 is 20.1. The summed E-state index contributed by atoms with van der Waals surface area (Å²) >= 11 is 9.21. The van der Waals surface area contributed by atoms with E-state index in [0.29, 0.717) is 11.8 Å². The summed E-state index contributed by atoms with van der Waals surface area (Å²) in [5, 5.41) is 0. The molecule has 0 bridgehead atoms. The number of pyridine rings is 1. The molecule has 0 radical (unpaired) electrons. The van der Waals surface area contributed by atoms with E-state index in [1.807, 2.05) is 6.07 Å². The van der Waals surface area contributed by atoms with E-state index in [1.54, 1.807) is 18.2 Å². The Morgan fingerprint density at radius 2 is 1.95 bits per heavy atom. The fourth-order valence-electron chi connectivity index (χ4n) is 1.74. The van der Waals surface area contributed by atoms with Crippen molar-refractivity contribution in [3.05, 3.63) is 51.9 Å². The molecule has 1 aromatic heterocycles. The maximum atomic E-state index is 13.8. The summed E-state index contributed by atoms with van der Waals surface area (Å²) in [4.78, 5) is 4.46. The molecule has 1 heterocycles. The first-order valence-corrected chi connectivity index (χ1v) is 7.82. The summed E-state index contributed by atoms with van der Waals surface area (Å²) in [5.74, 6) is 0.384. The minimum Gasteiger partial charge on any atom is -0.436 e. The van der Waals surface area contributed by atoms with E-state index in [1.165, 1.54) is 6.07 Å². The first-order chi connectivity index (χ1) is 9.79. The molecule has 0 N–H and O–H groups in total. The third kappa shape index (κ3) is 4.17. The van der Waals surface area contributed by atoms with Gasteiger partial charge >= 0.3 is 0 Å². The molecule has 0 amide bonds. The summed E-state index contributed by atoms with van der Waals surface area (Å²) in [6.45, 7) is 6.16. The van der Waals surface area contributed by atoms with Crippen LogP contribution in [0.4, 0.5) is 4.39 Å². The van der Waals surface area contributed by atoms with Gasteiger partial charge < -0.3 is 4.74 Å². The number of aromatic nitrogens is 1. The second-order valence-corrected chi connectivity index (χ2v) is 6.94. The normalized spacial score (nSPS) is 11.5. The molecule has 0 fully saturated rings. The number of rotatable bonds is 3. The lowest BCUT2D eigenvalue weighted by Crippen LogP contribution is -2.14. The van der Waals surface area contributed by atoms with Gasteiger partial charge in [-0.05, 0) is 29.8 Å². The first-order valence-electron chi connectivity index (χ1n) is 6.50. The topological polar surface area (TPSA) is 22.1 Å². The molecule has 2 rings (SSSR count). The summed E-state index contributed by atoms with van der Waals surface area (Å²) in [5.41, 5.74) is 1.60. The van der Waals surface area contributed by atoms with Crippen molar-refractivity contribution in [2.24, 2.45) is 0 Å². The van der Waals surface area contributed by atoms with Crippen LogP contribution in [0.25, 0.3) is 0 Å². The van der Waals surface area contributed by atoms with Crippen molar-refractivity contribution < 1.29 is 9.13 Å². The molecule has 0 spiro atoms. The first kappa shape index (κ1) is 16.2. The van der Waals surface area contributed by atoms with E-state index < -0.39 is 5.82 Å². The highest BCUT2D eigenvalue weighted by molar-refractivity contribution is 9.10. The Hall–Kier alpha value is -1.13. The third-order valence-corrected chi connectivity index (χ3v) is 3.69. The molecule has 1 aromatic carbocycles. The minimum atomic E-state index is -0.436. The Kier molecular flexibility index (Phi) is 4.89. The van der Waals surface area contributed by atoms with Gasteiger partial charge in [0.25, 0.3) is 0 Å². The Labute approximate surface area is 137 Å². The number of benzene rings is 1.